The third-order valence-corrected chi connectivity index (χ3v) is 2.47. The Labute approximate surface area is 98.6 Å². The lowest BCUT2D eigenvalue weighted by Crippen LogP contribution is -1.93. The first-order chi connectivity index (χ1) is 7.65. The molecule has 16 heavy (non-hydrogen) atoms. The number of benzene rings is 1. The molecule has 1 aromatic rings. The number of anilines is 1. The van der Waals surface area contributed by atoms with Crippen molar-refractivity contribution in [2.24, 2.45) is 0 Å². The van der Waals surface area contributed by atoms with Crippen LogP contribution in [-0.4, -0.2) is 10.9 Å². The second kappa shape index (κ2) is 5.85. The fourth-order valence-corrected chi connectivity index (χ4v) is 1.42. The van der Waals surface area contributed by atoms with Crippen LogP contribution >= 0.6 is 11.8 Å². The molecule has 0 radical (unpaired) electrons. The number of carbonyl (C=O) groups is 1. The van der Waals surface area contributed by atoms with E-state index >= 15 is 0 Å². The van der Waals surface area contributed by atoms with E-state index in [9.17, 15) is 4.79 Å². The van der Waals surface area contributed by atoms with Gasteiger partial charge in [-0.3, -0.25) is 4.79 Å². The first-order valence-electron chi connectivity index (χ1n) is 4.56. The Morgan fingerprint density at radius 1 is 1.56 bits per heavy atom. The first kappa shape index (κ1) is 12.2. The normalized spacial score (nSPS) is 8.75. The van der Waals surface area contributed by atoms with E-state index in [1.54, 1.807) is 18.2 Å². The Morgan fingerprint density at radius 3 is 2.94 bits per heavy atom. The Bertz CT molecular complexity index is 506. The lowest BCUT2D eigenvalue weighted by Gasteiger charge is -1.98. The largest absolute Gasteiger partial charge is 0.398 e. The van der Waals surface area contributed by atoms with Crippen LogP contribution in [0.4, 0.5) is 5.69 Å². The molecule has 1 aromatic carbocycles. The zero-order valence-electron chi connectivity index (χ0n) is 8.78. The van der Waals surface area contributed by atoms with E-state index in [2.05, 4.69) is 11.8 Å². The average Bonchev–Trinajstić information content (AvgIpc) is 2.24. The van der Waals surface area contributed by atoms with Gasteiger partial charge in [-0.05, 0) is 12.1 Å². The molecule has 0 atom stereocenters. The monoisotopic (exact) mass is 230 g/mol. The molecule has 0 aliphatic heterocycles. The number of rotatable bonds is 1. The van der Waals surface area contributed by atoms with E-state index in [4.69, 9.17) is 11.0 Å². The van der Waals surface area contributed by atoms with Crippen molar-refractivity contribution in [3.63, 3.8) is 0 Å². The summed E-state index contributed by atoms with van der Waals surface area (Å²) in [5, 5.41) is 8.92. The van der Waals surface area contributed by atoms with Crippen LogP contribution in [0.2, 0.25) is 0 Å². The molecule has 4 heteroatoms. The van der Waals surface area contributed by atoms with Crippen LogP contribution < -0.4 is 5.73 Å². The van der Waals surface area contributed by atoms with E-state index < -0.39 is 0 Å². The number of thioether (sulfide) groups is 1. The molecule has 2 N–H and O–H groups in total. The zero-order valence-corrected chi connectivity index (χ0v) is 9.60. The molecular formula is C12H10N2OS. The zero-order chi connectivity index (χ0) is 12.0. The molecule has 3 nitrogen and oxygen atoms in total. The summed E-state index contributed by atoms with van der Waals surface area (Å²) < 4.78 is 0. The third-order valence-electron chi connectivity index (χ3n) is 1.78. The lowest BCUT2D eigenvalue weighted by atomic mass is 10.1. The number of nitrogen functional groups attached to an aromatic ring is 1. The molecule has 0 unspecified atom stereocenters. The van der Waals surface area contributed by atoms with Crippen LogP contribution in [0, 0.1) is 23.2 Å². The maximum Gasteiger partial charge on any atom is 0.186 e. The fourth-order valence-electron chi connectivity index (χ4n) is 1.07. The molecule has 0 fully saturated rings. The Balaban J connectivity index is 2.85. The molecule has 0 aromatic heterocycles. The van der Waals surface area contributed by atoms with Gasteiger partial charge in [0.15, 0.2) is 5.12 Å². The fraction of sp³-hybridized carbons (Fsp3) is 0.167. The highest BCUT2D eigenvalue weighted by Gasteiger charge is 2.01. The molecule has 0 spiro atoms. The molecule has 0 amide bonds. The SMILES string of the molecule is CC(=O)SCC#Cc1cccc(N)c1C#N. The smallest absolute Gasteiger partial charge is 0.186 e. The highest BCUT2D eigenvalue weighted by molar-refractivity contribution is 8.13. The number of hydrogen-bond acceptors (Lipinski definition) is 4. The first-order valence-corrected chi connectivity index (χ1v) is 5.54. The Kier molecular flexibility index (Phi) is 4.44. The molecule has 0 saturated carbocycles. The van der Waals surface area contributed by atoms with Gasteiger partial charge in [0, 0.05) is 12.5 Å². The van der Waals surface area contributed by atoms with Crippen LogP contribution in [0.1, 0.15) is 18.1 Å². The van der Waals surface area contributed by atoms with Crippen molar-refractivity contribution in [3.8, 4) is 17.9 Å². The van der Waals surface area contributed by atoms with Gasteiger partial charge in [0.1, 0.15) is 6.07 Å². The van der Waals surface area contributed by atoms with Gasteiger partial charge in [0.2, 0.25) is 0 Å². The molecule has 0 saturated heterocycles. The Morgan fingerprint density at radius 2 is 2.31 bits per heavy atom. The van der Waals surface area contributed by atoms with Crippen molar-refractivity contribution in [1.29, 1.82) is 5.26 Å². The predicted octanol–water partition coefficient (Wildman–Crippen LogP) is 1.77. The second-order valence-corrected chi connectivity index (χ2v) is 4.12. The minimum absolute atomic E-state index is 0.0300. The molecule has 0 aliphatic rings. The highest BCUT2D eigenvalue weighted by atomic mass is 32.2. The third kappa shape index (κ3) is 3.34. The summed E-state index contributed by atoms with van der Waals surface area (Å²) in [5.41, 5.74) is 7.05. The van der Waals surface area contributed by atoms with E-state index in [0.29, 0.717) is 22.6 Å². The molecule has 80 valence electrons. The van der Waals surface area contributed by atoms with Crippen molar-refractivity contribution in [2.45, 2.75) is 6.92 Å². The maximum absolute atomic E-state index is 10.7. The van der Waals surface area contributed by atoms with E-state index in [1.165, 1.54) is 6.92 Å². The summed E-state index contributed by atoms with van der Waals surface area (Å²) in [6.07, 6.45) is 0. The lowest BCUT2D eigenvalue weighted by molar-refractivity contribution is -0.109. The van der Waals surface area contributed by atoms with Gasteiger partial charge in [-0.25, -0.2) is 0 Å². The summed E-state index contributed by atoms with van der Waals surface area (Å²) in [7, 11) is 0. The van der Waals surface area contributed by atoms with Crippen molar-refractivity contribution in [1.82, 2.24) is 0 Å². The van der Waals surface area contributed by atoms with Crippen LogP contribution in [0.15, 0.2) is 18.2 Å². The average molecular weight is 230 g/mol. The topological polar surface area (TPSA) is 66.9 Å². The number of carbonyl (C=O) groups excluding carboxylic acids is 1. The van der Waals surface area contributed by atoms with Crippen LogP contribution in [0.3, 0.4) is 0 Å². The van der Waals surface area contributed by atoms with Gasteiger partial charge in [-0.1, -0.05) is 29.7 Å². The standard InChI is InChI=1S/C12H10N2OS/c1-9(15)16-7-3-5-10-4-2-6-12(14)11(10)8-13/h2,4,6H,7,14H2,1H3. The van der Waals surface area contributed by atoms with Crippen molar-refractivity contribution in [3.05, 3.63) is 29.3 Å². The van der Waals surface area contributed by atoms with E-state index in [-0.39, 0.29) is 5.12 Å². The van der Waals surface area contributed by atoms with Gasteiger partial charge in [-0.2, -0.15) is 5.26 Å². The van der Waals surface area contributed by atoms with Crippen LogP contribution in [0.25, 0.3) is 0 Å². The molecular weight excluding hydrogens is 220 g/mol. The minimum Gasteiger partial charge on any atom is -0.398 e. The van der Waals surface area contributed by atoms with Crippen LogP contribution in [0.5, 0.6) is 0 Å². The summed E-state index contributed by atoms with van der Waals surface area (Å²) >= 11 is 1.14. The number of nitrogens with two attached hydrogens (primary N) is 1. The van der Waals surface area contributed by atoms with E-state index in [1.807, 2.05) is 6.07 Å². The van der Waals surface area contributed by atoms with Gasteiger partial charge in [0.05, 0.1) is 17.0 Å². The van der Waals surface area contributed by atoms with Crippen molar-refractivity contribution >= 4 is 22.6 Å². The number of nitrogens with zero attached hydrogens (tertiary/aromatic N) is 1. The van der Waals surface area contributed by atoms with Crippen molar-refractivity contribution in [2.75, 3.05) is 11.5 Å². The van der Waals surface area contributed by atoms with Gasteiger partial charge in [-0.15, -0.1) is 0 Å². The van der Waals surface area contributed by atoms with Crippen LogP contribution in [-0.2, 0) is 4.79 Å². The quantitative estimate of drug-likeness (QED) is 0.589. The molecule has 1 rings (SSSR count). The van der Waals surface area contributed by atoms with E-state index in [0.717, 1.165) is 11.8 Å². The molecule has 0 heterocycles. The summed E-state index contributed by atoms with van der Waals surface area (Å²) in [5.74, 6) is 6.08. The second-order valence-electron chi connectivity index (χ2n) is 2.96. The molecule has 0 aliphatic carbocycles. The van der Waals surface area contributed by atoms with Crippen molar-refractivity contribution < 1.29 is 4.79 Å². The molecule has 0 bridgehead atoms. The maximum atomic E-state index is 10.7. The number of hydrogen-bond donors (Lipinski definition) is 1. The Hall–Kier alpha value is -1.91. The summed E-state index contributed by atoms with van der Waals surface area (Å²) in [6, 6.07) is 7.16. The minimum atomic E-state index is 0.0300. The summed E-state index contributed by atoms with van der Waals surface area (Å²) in [4.78, 5) is 10.7. The van der Waals surface area contributed by atoms with Gasteiger partial charge in [0.25, 0.3) is 0 Å². The van der Waals surface area contributed by atoms with Gasteiger partial charge >= 0.3 is 0 Å². The summed E-state index contributed by atoms with van der Waals surface area (Å²) in [6.45, 7) is 1.49. The number of nitriles is 1. The van der Waals surface area contributed by atoms with Gasteiger partial charge < -0.3 is 5.73 Å². The predicted molar refractivity (Wildman–Crippen MR) is 65.6 cm³/mol. The highest BCUT2D eigenvalue weighted by Crippen LogP contribution is 2.14.